The Morgan fingerprint density at radius 1 is 1.38 bits per heavy atom. The smallest absolute Gasteiger partial charge is 0.192 e. The van der Waals surface area contributed by atoms with Crippen molar-refractivity contribution in [2.75, 3.05) is 19.6 Å². The van der Waals surface area contributed by atoms with Crippen LogP contribution in [-0.2, 0) is 0 Å². The van der Waals surface area contributed by atoms with Crippen molar-refractivity contribution in [2.24, 2.45) is 10.4 Å². The predicted octanol–water partition coefficient (Wildman–Crippen LogP) is 1.75. The Labute approximate surface area is 99.1 Å². The molecule has 0 aromatic heterocycles. The van der Waals surface area contributed by atoms with Crippen LogP contribution in [0.1, 0.15) is 39.5 Å². The summed E-state index contributed by atoms with van der Waals surface area (Å²) in [5.74, 6) is 3.40. The van der Waals surface area contributed by atoms with Gasteiger partial charge in [0.05, 0.1) is 6.54 Å². The van der Waals surface area contributed by atoms with Crippen molar-refractivity contribution < 1.29 is 0 Å². The van der Waals surface area contributed by atoms with E-state index in [4.69, 9.17) is 6.42 Å². The van der Waals surface area contributed by atoms with Gasteiger partial charge >= 0.3 is 0 Å². The Hall–Kier alpha value is -1.17. The molecule has 0 aromatic rings. The molecule has 0 amide bonds. The molecule has 3 heteroatoms. The first-order chi connectivity index (χ1) is 7.70. The second-order valence-corrected chi connectivity index (χ2v) is 4.77. The molecule has 3 nitrogen and oxygen atoms in total. The highest BCUT2D eigenvalue weighted by Gasteiger charge is 2.28. The van der Waals surface area contributed by atoms with Crippen molar-refractivity contribution in [1.82, 2.24) is 10.6 Å². The lowest BCUT2D eigenvalue weighted by Crippen LogP contribution is -2.38. The van der Waals surface area contributed by atoms with Gasteiger partial charge < -0.3 is 10.6 Å². The predicted molar refractivity (Wildman–Crippen MR) is 69.4 cm³/mol. The number of nitrogens with one attached hydrogen (secondary N) is 2. The molecule has 1 saturated carbocycles. The zero-order valence-corrected chi connectivity index (χ0v) is 10.5. The van der Waals surface area contributed by atoms with Crippen LogP contribution in [0.5, 0.6) is 0 Å². The van der Waals surface area contributed by atoms with E-state index in [0.717, 1.165) is 19.0 Å². The van der Waals surface area contributed by atoms with Crippen LogP contribution in [0, 0.1) is 17.8 Å². The van der Waals surface area contributed by atoms with Gasteiger partial charge in [-0.3, -0.25) is 4.99 Å². The van der Waals surface area contributed by atoms with Crippen LogP contribution in [0.3, 0.4) is 0 Å². The minimum absolute atomic E-state index is 0.401. The monoisotopic (exact) mass is 221 g/mol. The van der Waals surface area contributed by atoms with Crippen molar-refractivity contribution in [3.8, 4) is 12.3 Å². The Balaban J connectivity index is 2.46. The average Bonchev–Trinajstić information content (AvgIpc) is 2.70. The molecule has 1 aliphatic carbocycles. The number of hydrogen-bond acceptors (Lipinski definition) is 1. The molecule has 0 aliphatic heterocycles. The number of nitrogens with zero attached hydrogens (tertiary/aromatic N) is 1. The first-order valence-electron chi connectivity index (χ1n) is 6.16. The van der Waals surface area contributed by atoms with Gasteiger partial charge in [-0.2, -0.15) is 0 Å². The van der Waals surface area contributed by atoms with Crippen LogP contribution in [0.25, 0.3) is 0 Å². The van der Waals surface area contributed by atoms with E-state index in [1.54, 1.807) is 0 Å². The topological polar surface area (TPSA) is 36.4 Å². The van der Waals surface area contributed by atoms with E-state index in [9.17, 15) is 0 Å². The summed E-state index contributed by atoms with van der Waals surface area (Å²) in [6.07, 6.45) is 10.5. The molecular weight excluding hydrogens is 198 g/mol. The Morgan fingerprint density at radius 2 is 2.06 bits per heavy atom. The maximum Gasteiger partial charge on any atom is 0.192 e. The molecule has 16 heavy (non-hydrogen) atoms. The number of guanidine groups is 1. The zero-order chi connectivity index (χ0) is 11.9. The fraction of sp³-hybridized carbons (Fsp3) is 0.769. The standard InChI is InChI=1S/C13H23N3/c1-4-10-15-12(14-5-2)16-11-13(3)8-6-7-9-13/h1H,5-11H2,2-3H3,(H2,14,15,16). The molecule has 2 N–H and O–H groups in total. The Kier molecular flexibility index (Phi) is 5.18. The molecule has 0 radical (unpaired) electrons. The Bertz CT molecular complexity index is 269. The fourth-order valence-electron chi connectivity index (χ4n) is 2.13. The third kappa shape index (κ3) is 4.14. The molecule has 0 bridgehead atoms. The minimum atomic E-state index is 0.401. The lowest BCUT2D eigenvalue weighted by Gasteiger charge is -2.21. The van der Waals surface area contributed by atoms with E-state index >= 15 is 0 Å². The van der Waals surface area contributed by atoms with Crippen LogP contribution in [-0.4, -0.2) is 25.6 Å². The summed E-state index contributed by atoms with van der Waals surface area (Å²) >= 11 is 0. The van der Waals surface area contributed by atoms with Gasteiger partial charge in [0.25, 0.3) is 0 Å². The summed E-state index contributed by atoms with van der Waals surface area (Å²) in [5.41, 5.74) is 0.401. The Morgan fingerprint density at radius 3 is 2.62 bits per heavy atom. The molecule has 1 aliphatic rings. The highest BCUT2D eigenvalue weighted by Crippen LogP contribution is 2.37. The quantitative estimate of drug-likeness (QED) is 0.431. The minimum Gasteiger partial charge on any atom is -0.357 e. The molecule has 0 heterocycles. The third-order valence-electron chi connectivity index (χ3n) is 3.13. The van der Waals surface area contributed by atoms with E-state index in [2.05, 4.69) is 35.4 Å². The van der Waals surface area contributed by atoms with Crippen molar-refractivity contribution in [3.63, 3.8) is 0 Å². The summed E-state index contributed by atoms with van der Waals surface area (Å²) in [7, 11) is 0. The van der Waals surface area contributed by atoms with Gasteiger partial charge in [-0.1, -0.05) is 25.7 Å². The lowest BCUT2D eigenvalue weighted by molar-refractivity contribution is 0.350. The first-order valence-corrected chi connectivity index (χ1v) is 6.16. The van der Waals surface area contributed by atoms with Crippen molar-refractivity contribution >= 4 is 5.96 Å². The number of terminal acetylenes is 1. The van der Waals surface area contributed by atoms with Crippen LogP contribution >= 0.6 is 0 Å². The van der Waals surface area contributed by atoms with Crippen molar-refractivity contribution in [1.29, 1.82) is 0 Å². The van der Waals surface area contributed by atoms with E-state index in [0.29, 0.717) is 12.0 Å². The van der Waals surface area contributed by atoms with Gasteiger partial charge in [0.2, 0.25) is 0 Å². The second kappa shape index (κ2) is 6.42. The molecular formula is C13H23N3. The lowest BCUT2D eigenvalue weighted by atomic mass is 9.89. The second-order valence-electron chi connectivity index (χ2n) is 4.77. The molecule has 0 aromatic carbocycles. The normalized spacial score (nSPS) is 19.2. The number of hydrogen-bond donors (Lipinski definition) is 2. The van der Waals surface area contributed by atoms with Crippen LogP contribution in [0.2, 0.25) is 0 Å². The summed E-state index contributed by atoms with van der Waals surface area (Å²) in [4.78, 5) is 4.60. The summed E-state index contributed by atoms with van der Waals surface area (Å²) in [6, 6.07) is 0. The van der Waals surface area contributed by atoms with Crippen LogP contribution in [0.15, 0.2) is 4.99 Å². The van der Waals surface area contributed by atoms with Crippen molar-refractivity contribution in [2.45, 2.75) is 39.5 Å². The molecule has 1 fully saturated rings. The third-order valence-corrected chi connectivity index (χ3v) is 3.13. The van der Waals surface area contributed by atoms with E-state index < -0.39 is 0 Å². The van der Waals surface area contributed by atoms with Gasteiger partial charge in [0.15, 0.2) is 5.96 Å². The maximum atomic E-state index is 5.22. The molecule has 0 unspecified atom stereocenters. The summed E-state index contributed by atoms with van der Waals surface area (Å²) < 4.78 is 0. The van der Waals surface area contributed by atoms with E-state index in [1.807, 2.05) is 0 Å². The number of aliphatic imine (C=N–C) groups is 1. The SMILES string of the molecule is C#CCNC(=NCC1(C)CCCC1)NCC. The molecule has 0 atom stereocenters. The van der Waals surface area contributed by atoms with Gasteiger partial charge in [-0.15, -0.1) is 6.42 Å². The van der Waals surface area contributed by atoms with Gasteiger partial charge in [0, 0.05) is 13.1 Å². The van der Waals surface area contributed by atoms with Gasteiger partial charge in [0.1, 0.15) is 0 Å². The maximum absolute atomic E-state index is 5.22. The van der Waals surface area contributed by atoms with Crippen LogP contribution < -0.4 is 10.6 Å². The molecule has 0 saturated heterocycles. The molecule has 90 valence electrons. The largest absolute Gasteiger partial charge is 0.357 e. The number of rotatable bonds is 4. The fourth-order valence-corrected chi connectivity index (χ4v) is 2.13. The summed E-state index contributed by atoms with van der Waals surface area (Å²) in [5, 5.41) is 6.32. The van der Waals surface area contributed by atoms with Crippen molar-refractivity contribution in [3.05, 3.63) is 0 Å². The average molecular weight is 221 g/mol. The summed E-state index contributed by atoms with van der Waals surface area (Å²) in [6.45, 7) is 6.68. The van der Waals surface area contributed by atoms with Crippen LogP contribution in [0.4, 0.5) is 0 Å². The van der Waals surface area contributed by atoms with Gasteiger partial charge in [-0.05, 0) is 25.2 Å². The van der Waals surface area contributed by atoms with E-state index in [1.165, 1.54) is 25.7 Å². The van der Waals surface area contributed by atoms with Gasteiger partial charge in [-0.25, -0.2) is 0 Å². The first kappa shape index (κ1) is 12.9. The highest BCUT2D eigenvalue weighted by atomic mass is 15.2. The molecule has 1 rings (SSSR count). The van der Waals surface area contributed by atoms with E-state index in [-0.39, 0.29) is 0 Å². The zero-order valence-electron chi connectivity index (χ0n) is 10.5. The molecule has 0 spiro atoms. The highest BCUT2D eigenvalue weighted by molar-refractivity contribution is 5.80.